The van der Waals surface area contributed by atoms with Gasteiger partial charge in [0.2, 0.25) is 5.91 Å². The number of carbonyl (C=O) groups is 2. The third-order valence-electron chi connectivity index (χ3n) is 5.35. The molecule has 1 atom stereocenters. The number of anilines is 1. The van der Waals surface area contributed by atoms with E-state index >= 15 is 0 Å². The summed E-state index contributed by atoms with van der Waals surface area (Å²) in [5.74, 6) is -2.40. The summed E-state index contributed by atoms with van der Waals surface area (Å²) in [5.41, 5.74) is 2.84. The number of hydrogen-bond acceptors (Lipinski definition) is 6. The lowest BCUT2D eigenvalue weighted by Crippen LogP contribution is -2.52. The molecule has 0 spiro atoms. The van der Waals surface area contributed by atoms with E-state index in [0.717, 1.165) is 16.8 Å². The molecular formula is C24H19ClF2N4O4S2. The van der Waals surface area contributed by atoms with Gasteiger partial charge in [-0.1, -0.05) is 23.7 Å². The average Bonchev–Trinajstić information content (AvgIpc) is 3.30. The van der Waals surface area contributed by atoms with Gasteiger partial charge in [0.1, 0.15) is 22.6 Å². The van der Waals surface area contributed by atoms with Crippen molar-refractivity contribution in [3.63, 3.8) is 0 Å². The van der Waals surface area contributed by atoms with E-state index in [4.69, 9.17) is 11.6 Å². The second-order valence-electron chi connectivity index (χ2n) is 7.95. The van der Waals surface area contributed by atoms with Gasteiger partial charge in [0.15, 0.2) is 0 Å². The zero-order valence-corrected chi connectivity index (χ0v) is 21.5. The Kier molecular flexibility index (Phi) is 7.71. The van der Waals surface area contributed by atoms with Gasteiger partial charge in [0, 0.05) is 25.2 Å². The molecule has 0 unspecified atom stereocenters. The van der Waals surface area contributed by atoms with Crippen LogP contribution in [0.5, 0.6) is 0 Å². The Morgan fingerprint density at radius 2 is 1.78 bits per heavy atom. The van der Waals surface area contributed by atoms with Crippen molar-refractivity contribution in [2.24, 2.45) is 0 Å². The maximum absolute atomic E-state index is 13.8. The lowest BCUT2D eigenvalue weighted by Gasteiger charge is -2.25. The Morgan fingerprint density at radius 1 is 1.08 bits per heavy atom. The standard InChI is InChI=1S/C24H19ClF2N4O4S2/c1-31(17-6-7-21-19(12-17)28-13-36-21)23(32)20(10-14-8-15(26)11-16(27)9-14)29-24(33)30-37(34,35)22-5-3-2-4-18(22)25/h2-9,11-13,20H,10H2,1H3,(H2,29,30,33)/t20-/m0/s1. The Labute approximate surface area is 219 Å². The molecular weight excluding hydrogens is 546 g/mol. The number of thiazole rings is 1. The van der Waals surface area contributed by atoms with Crippen molar-refractivity contribution < 1.29 is 26.8 Å². The van der Waals surface area contributed by atoms with Crippen LogP contribution >= 0.6 is 22.9 Å². The number of halogens is 3. The van der Waals surface area contributed by atoms with Crippen LogP contribution in [0.25, 0.3) is 10.2 Å². The van der Waals surface area contributed by atoms with E-state index in [0.29, 0.717) is 17.3 Å². The molecule has 0 fully saturated rings. The van der Waals surface area contributed by atoms with Gasteiger partial charge < -0.3 is 10.2 Å². The average molecular weight is 565 g/mol. The van der Waals surface area contributed by atoms with Crippen LogP contribution in [0.1, 0.15) is 5.56 Å². The van der Waals surface area contributed by atoms with Gasteiger partial charge in [0.25, 0.3) is 10.0 Å². The number of carbonyl (C=O) groups excluding carboxylic acids is 2. The third kappa shape index (κ3) is 6.21. The zero-order valence-electron chi connectivity index (χ0n) is 19.1. The van der Waals surface area contributed by atoms with E-state index in [1.54, 1.807) is 23.7 Å². The number of hydrogen-bond donors (Lipinski definition) is 2. The number of likely N-dealkylation sites (N-methyl/N-ethyl adjacent to an activating group) is 1. The Balaban J connectivity index is 1.60. The van der Waals surface area contributed by atoms with Crippen molar-refractivity contribution in [3.8, 4) is 0 Å². The summed E-state index contributed by atoms with van der Waals surface area (Å²) in [6.07, 6.45) is -0.323. The minimum atomic E-state index is -4.38. The highest BCUT2D eigenvalue weighted by Crippen LogP contribution is 2.24. The number of urea groups is 1. The van der Waals surface area contributed by atoms with Crippen molar-refractivity contribution in [3.05, 3.63) is 88.4 Å². The fraction of sp³-hybridized carbons (Fsp3) is 0.125. The number of nitrogens with zero attached hydrogens (tertiary/aromatic N) is 2. The molecule has 0 aliphatic carbocycles. The SMILES string of the molecule is CN(C(=O)[C@H](Cc1cc(F)cc(F)c1)NC(=O)NS(=O)(=O)c1ccccc1Cl)c1ccc2scnc2c1. The van der Waals surface area contributed by atoms with E-state index in [2.05, 4.69) is 10.3 Å². The lowest BCUT2D eigenvalue weighted by atomic mass is 10.0. The number of nitrogens with one attached hydrogen (secondary N) is 2. The van der Waals surface area contributed by atoms with Gasteiger partial charge in [0.05, 0.1) is 20.7 Å². The second-order valence-corrected chi connectivity index (χ2v) is 10.9. The van der Waals surface area contributed by atoms with Crippen LogP contribution in [-0.4, -0.2) is 38.4 Å². The van der Waals surface area contributed by atoms with E-state index < -0.39 is 39.6 Å². The summed E-state index contributed by atoms with van der Waals surface area (Å²) in [7, 11) is -2.93. The van der Waals surface area contributed by atoms with Gasteiger partial charge in [-0.3, -0.25) is 4.79 Å². The predicted molar refractivity (Wildman–Crippen MR) is 137 cm³/mol. The van der Waals surface area contributed by atoms with Gasteiger partial charge in [-0.2, -0.15) is 0 Å². The van der Waals surface area contributed by atoms with Crippen LogP contribution in [0.3, 0.4) is 0 Å². The number of amides is 3. The van der Waals surface area contributed by atoms with Gasteiger partial charge in [-0.05, 0) is 48.0 Å². The fourth-order valence-electron chi connectivity index (χ4n) is 3.61. The molecule has 3 aromatic carbocycles. The minimum Gasteiger partial charge on any atom is -0.325 e. The van der Waals surface area contributed by atoms with Crippen LogP contribution in [0.4, 0.5) is 19.3 Å². The molecule has 192 valence electrons. The van der Waals surface area contributed by atoms with E-state index in [9.17, 15) is 26.8 Å². The van der Waals surface area contributed by atoms with Crippen molar-refractivity contribution in [2.75, 3.05) is 11.9 Å². The molecule has 0 bridgehead atoms. The molecule has 0 radical (unpaired) electrons. The zero-order chi connectivity index (χ0) is 26.7. The molecule has 8 nitrogen and oxygen atoms in total. The summed E-state index contributed by atoms with van der Waals surface area (Å²) in [4.78, 5) is 31.3. The maximum atomic E-state index is 13.8. The molecule has 0 aliphatic heterocycles. The van der Waals surface area contributed by atoms with Crippen LogP contribution in [0.15, 0.2) is 71.1 Å². The first-order valence-electron chi connectivity index (χ1n) is 10.7. The molecule has 37 heavy (non-hydrogen) atoms. The Hall–Kier alpha value is -3.61. The highest BCUT2D eigenvalue weighted by atomic mass is 35.5. The van der Waals surface area contributed by atoms with Crippen molar-refractivity contribution in [2.45, 2.75) is 17.4 Å². The molecule has 4 aromatic rings. The molecule has 1 heterocycles. The molecule has 2 N–H and O–H groups in total. The largest absolute Gasteiger partial charge is 0.329 e. The quantitative estimate of drug-likeness (QED) is 0.344. The summed E-state index contributed by atoms with van der Waals surface area (Å²) < 4.78 is 55.6. The number of aromatic nitrogens is 1. The van der Waals surface area contributed by atoms with Crippen molar-refractivity contribution >= 4 is 60.8 Å². The van der Waals surface area contributed by atoms with Crippen LogP contribution in [-0.2, 0) is 21.2 Å². The Morgan fingerprint density at radius 3 is 2.49 bits per heavy atom. The molecule has 1 aromatic heterocycles. The van der Waals surface area contributed by atoms with Gasteiger partial charge in [-0.25, -0.2) is 31.7 Å². The van der Waals surface area contributed by atoms with Gasteiger partial charge >= 0.3 is 6.03 Å². The summed E-state index contributed by atoms with van der Waals surface area (Å²) >= 11 is 7.36. The second kappa shape index (κ2) is 10.8. The summed E-state index contributed by atoms with van der Waals surface area (Å²) in [5, 5.41) is 2.20. The number of sulfonamides is 1. The molecule has 13 heteroatoms. The number of fused-ring (bicyclic) bond motifs is 1. The predicted octanol–water partition coefficient (Wildman–Crippen LogP) is 4.49. The fourth-order valence-corrected chi connectivity index (χ4v) is 5.70. The molecule has 4 rings (SSSR count). The minimum absolute atomic E-state index is 0.0773. The lowest BCUT2D eigenvalue weighted by molar-refractivity contribution is -0.120. The highest BCUT2D eigenvalue weighted by molar-refractivity contribution is 7.90. The molecule has 0 saturated heterocycles. The van der Waals surface area contributed by atoms with E-state index in [1.807, 2.05) is 4.72 Å². The van der Waals surface area contributed by atoms with Crippen molar-refractivity contribution in [1.29, 1.82) is 0 Å². The normalized spacial score (nSPS) is 12.2. The van der Waals surface area contributed by atoms with Crippen LogP contribution in [0, 0.1) is 11.6 Å². The summed E-state index contributed by atoms with van der Waals surface area (Å²) in [6.45, 7) is 0. The maximum Gasteiger partial charge on any atom is 0.329 e. The highest BCUT2D eigenvalue weighted by Gasteiger charge is 2.28. The molecule has 0 saturated carbocycles. The van der Waals surface area contributed by atoms with E-state index in [1.165, 1.54) is 47.5 Å². The smallest absolute Gasteiger partial charge is 0.325 e. The third-order valence-corrected chi connectivity index (χ3v) is 7.99. The Bertz CT molecular complexity index is 1580. The van der Waals surface area contributed by atoms with Crippen LogP contribution in [0.2, 0.25) is 5.02 Å². The molecule has 3 amide bonds. The topological polar surface area (TPSA) is 108 Å². The molecule has 0 aliphatic rings. The van der Waals surface area contributed by atoms with E-state index in [-0.39, 0.29) is 21.9 Å². The van der Waals surface area contributed by atoms with Gasteiger partial charge in [-0.15, -0.1) is 11.3 Å². The monoisotopic (exact) mass is 564 g/mol. The van der Waals surface area contributed by atoms with Crippen LogP contribution < -0.4 is 14.9 Å². The first kappa shape index (κ1) is 26.5. The van der Waals surface area contributed by atoms with Crippen molar-refractivity contribution in [1.82, 2.24) is 15.0 Å². The number of benzene rings is 3. The summed E-state index contributed by atoms with van der Waals surface area (Å²) in [6, 6.07) is 10.7. The first-order chi connectivity index (χ1) is 17.5. The first-order valence-corrected chi connectivity index (χ1v) is 13.4. The number of rotatable bonds is 7.